The molecule has 0 bridgehead atoms. The van der Waals surface area contributed by atoms with Crippen molar-refractivity contribution in [3.05, 3.63) is 0 Å². The van der Waals surface area contributed by atoms with E-state index in [0.29, 0.717) is 32.8 Å². The summed E-state index contributed by atoms with van der Waals surface area (Å²) in [4.78, 5) is 12.4. The molecule has 1 aliphatic heterocycles. The summed E-state index contributed by atoms with van der Waals surface area (Å²) in [5, 5.41) is 2.94. The number of rotatable bonds is 8. The van der Waals surface area contributed by atoms with E-state index < -0.39 is 5.54 Å². The molecule has 6 nitrogen and oxygen atoms in total. The third-order valence-electron chi connectivity index (χ3n) is 5.08. The lowest BCUT2D eigenvalue weighted by Gasteiger charge is -2.57. The van der Waals surface area contributed by atoms with E-state index in [1.165, 1.54) is 0 Å². The number of nitrogens with two attached hydrogens (primary N) is 1. The van der Waals surface area contributed by atoms with Crippen LogP contribution in [0.25, 0.3) is 0 Å². The summed E-state index contributed by atoms with van der Waals surface area (Å²) in [6.45, 7) is 9.30. The minimum Gasteiger partial charge on any atom is -0.379 e. The number of carbonyl (C=O) groups is 1. The van der Waals surface area contributed by atoms with Crippen molar-refractivity contribution in [2.45, 2.75) is 57.8 Å². The molecule has 0 aromatic heterocycles. The Hall–Kier alpha value is -0.400. The summed E-state index contributed by atoms with van der Waals surface area (Å²) in [6, 6.07) is 0. The Labute approximate surface area is 145 Å². The topological polar surface area (TPSA) is 82.8 Å². The van der Waals surface area contributed by atoms with Crippen molar-refractivity contribution in [2.24, 2.45) is 11.1 Å². The SMILES string of the molecule is CCOC1CC(N)(C(=O)NCCCOC2CCOC2)C1(C)C.Cl. The van der Waals surface area contributed by atoms with Crippen molar-refractivity contribution in [3.8, 4) is 0 Å². The van der Waals surface area contributed by atoms with Crippen molar-refractivity contribution in [1.82, 2.24) is 5.32 Å². The van der Waals surface area contributed by atoms with Gasteiger partial charge in [-0.15, -0.1) is 12.4 Å². The lowest BCUT2D eigenvalue weighted by Crippen LogP contribution is -2.75. The molecule has 0 radical (unpaired) electrons. The van der Waals surface area contributed by atoms with E-state index in [0.717, 1.165) is 19.4 Å². The van der Waals surface area contributed by atoms with Crippen LogP contribution in [-0.4, -0.2) is 56.6 Å². The third-order valence-corrected chi connectivity index (χ3v) is 5.08. The highest BCUT2D eigenvalue weighted by molar-refractivity contribution is 5.88. The van der Waals surface area contributed by atoms with Crippen LogP contribution in [0.1, 0.15) is 40.0 Å². The van der Waals surface area contributed by atoms with E-state index in [9.17, 15) is 4.79 Å². The second kappa shape index (κ2) is 8.62. The maximum absolute atomic E-state index is 12.4. The maximum atomic E-state index is 12.4. The molecule has 3 unspecified atom stereocenters. The van der Waals surface area contributed by atoms with Gasteiger partial charge in [-0.3, -0.25) is 4.79 Å². The van der Waals surface area contributed by atoms with Crippen LogP contribution in [-0.2, 0) is 19.0 Å². The second-order valence-corrected chi connectivity index (χ2v) is 6.81. The first kappa shape index (κ1) is 20.6. The molecular formula is C16H31ClN2O4. The highest BCUT2D eigenvalue weighted by Crippen LogP contribution is 2.49. The molecule has 136 valence electrons. The zero-order valence-corrected chi connectivity index (χ0v) is 15.2. The van der Waals surface area contributed by atoms with Gasteiger partial charge < -0.3 is 25.3 Å². The summed E-state index contributed by atoms with van der Waals surface area (Å²) in [6.07, 6.45) is 2.60. The number of ether oxygens (including phenoxy) is 3. The zero-order valence-electron chi connectivity index (χ0n) is 14.4. The van der Waals surface area contributed by atoms with Gasteiger partial charge in [0.25, 0.3) is 0 Å². The summed E-state index contributed by atoms with van der Waals surface area (Å²) in [5.74, 6) is -0.0855. The fraction of sp³-hybridized carbons (Fsp3) is 0.938. The first-order valence-corrected chi connectivity index (χ1v) is 8.30. The Morgan fingerprint density at radius 2 is 2.13 bits per heavy atom. The fourth-order valence-corrected chi connectivity index (χ4v) is 3.15. The van der Waals surface area contributed by atoms with Crippen LogP contribution in [0.15, 0.2) is 0 Å². The fourth-order valence-electron chi connectivity index (χ4n) is 3.15. The van der Waals surface area contributed by atoms with Gasteiger partial charge in [0.05, 0.1) is 18.8 Å². The van der Waals surface area contributed by atoms with E-state index >= 15 is 0 Å². The summed E-state index contributed by atoms with van der Waals surface area (Å²) in [5.41, 5.74) is 5.14. The van der Waals surface area contributed by atoms with Crippen molar-refractivity contribution in [1.29, 1.82) is 0 Å². The van der Waals surface area contributed by atoms with Gasteiger partial charge in [0.2, 0.25) is 5.91 Å². The molecule has 2 fully saturated rings. The average Bonchev–Trinajstić information content (AvgIpc) is 2.99. The summed E-state index contributed by atoms with van der Waals surface area (Å²) < 4.78 is 16.6. The molecule has 1 saturated heterocycles. The number of hydrogen-bond acceptors (Lipinski definition) is 5. The number of nitrogens with one attached hydrogen (secondary N) is 1. The molecule has 7 heteroatoms. The highest BCUT2D eigenvalue weighted by atomic mass is 35.5. The Kier molecular flexibility index (Phi) is 7.74. The molecule has 3 N–H and O–H groups in total. The van der Waals surface area contributed by atoms with Crippen molar-refractivity contribution < 1.29 is 19.0 Å². The van der Waals surface area contributed by atoms with Crippen molar-refractivity contribution in [3.63, 3.8) is 0 Å². The third kappa shape index (κ3) is 4.37. The van der Waals surface area contributed by atoms with Crippen LogP contribution >= 0.6 is 12.4 Å². The first-order chi connectivity index (χ1) is 10.4. The average molecular weight is 351 g/mol. The minimum absolute atomic E-state index is 0. The summed E-state index contributed by atoms with van der Waals surface area (Å²) >= 11 is 0. The molecule has 0 aromatic rings. The Bertz CT molecular complexity index is 388. The largest absolute Gasteiger partial charge is 0.379 e. The number of amides is 1. The van der Waals surface area contributed by atoms with Gasteiger partial charge in [-0.2, -0.15) is 0 Å². The predicted octanol–water partition coefficient (Wildman–Crippen LogP) is 1.25. The number of halogens is 1. The van der Waals surface area contributed by atoms with Gasteiger partial charge in [-0.25, -0.2) is 0 Å². The van der Waals surface area contributed by atoms with E-state index in [2.05, 4.69) is 5.32 Å². The van der Waals surface area contributed by atoms with Crippen LogP contribution in [0.3, 0.4) is 0 Å². The summed E-state index contributed by atoms with van der Waals surface area (Å²) in [7, 11) is 0. The molecule has 0 spiro atoms. The van der Waals surface area contributed by atoms with Gasteiger partial charge in [0.15, 0.2) is 0 Å². The van der Waals surface area contributed by atoms with E-state index in [1.54, 1.807) is 0 Å². The molecule has 23 heavy (non-hydrogen) atoms. The van der Waals surface area contributed by atoms with Crippen LogP contribution < -0.4 is 11.1 Å². The van der Waals surface area contributed by atoms with Crippen molar-refractivity contribution in [2.75, 3.05) is 33.0 Å². The van der Waals surface area contributed by atoms with Crippen LogP contribution in [0.5, 0.6) is 0 Å². The molecule has 2 rings (SSSR count). The Morgan fingerprint density at radius 3 is 2.70 bits per heavy atom. The molecule has 1 heterocycles. The van der Waals surface area contributed by atoms with Crippen LogP contribution in [0.4, 0.5) is 0 Å². The molecule has 0 aromatic carbocycles. The molecule has 1 aliphatic carbocycles. The zero-order chi connectivity index (χ0) is 16.2. The van der Waals surface area contributed by atoms with Gasteiger partial charge in [-0.1, -0.05) is 13.8 Å². The maximum Gasteiger partial charge on any atom is 0.240 e. The molecule has 1 amide bonds. The van der Waals surface area contributed by atoms with Gasteiger partial charge >= 0.3 is 0 Å². The normalized spacial score (nSPS) is 32.0. The second-order valence-electron chi connectivity index (χ2n) is 6.81. The van der Waals surface area contributed by atoms with Gasteiger partial charge in [0.1, 0.15) is 5.54 Å². The quantitative estimate of drug-likeness (QED) is 0.644. The monoisotopic (exact) mass is 350 g/mol. The number of hydrogen-bond donors (Lipinski definition) is 2. The lowest BCUT2D eigenvalue weighted by molar-refractivity contribution is -0.170. The smallest absolute Gasteiger partial charge is 0.240 e. The molecule has 2 aliphatic rings. The van der Waals surface area contributed by atoms with Gasteiger partial charge in [-0.05, 0) is 19.8 Å². The predicted molar refractivity (Wildman–Crippen MR) is 90.8 cm³/mol. The van der Waals surface area contributed by atoms with E-state index in [4.69, 9.17) is 19.9 Å². The minimum atomic E-state index is -0.840. The molecule has 3 atom stereocenters. The Balaban J connectivity index is 0.00000264. The Morgan fingerprint density at radius 1 is 1.39 bits per heavy atom. The van der Waals surface area contributed by atoms with E-state index in [-0.39, 0.29) is 35.9 Å². The van der Waals surface area contributed by atoms with Crippen molar-refractivity contribution >= 4 is 18.3 Å². The highest BCUT2D eigenvalue weighted by Gasteiger charge is 2.62. The standard InChI is InChI=1S/C16H30N2O4.ClH/c1-4-21-13-10-16(17,15(13,2)3)14(19)18-7-5-8-22-12-6-9-20-11-12;/h12-13H,4-11,17H2,1-3H3,(H,18,19);1H. The van der Waals surface area contributed by atoms with Crippen LogP contribution in [0, 0.1) is 5.41 Å². The van der Waals surface area contributed by atoms with E-state index in [1.807, 2.05) is 20.8 Å². The first-order valence-electron chi connectivity index (χ1n) is 8.30. The molecule has 1 saturated carbocycles. The lowest BCUT2D eigenvalue weighted by atomic mass is 9.54. The number of carbonyl (C=O) groups excluding carboxylic acids is 1. The molecular weight excluding hydrogens is 320 g/mol. The van der Waals surface area contributed by atoms with Gasteiger partial charge in [0, 0.05) is 38.2 Å². The van der Waals surface area contributed by atoms with Crippen LogP contribution in [0.2, 0.25) is 0 Å².